The minimum absolute atomic E-state index is 0.134. The van der Waals surface area contributed by atoms with Crippen LogP contribution in [0.15, 0.2) is 0 Å². The lowest BCUT2D eigenvalue weighted by molar-refractivity contribution is 0.143. The SMILES string of the molecule is CC[C@H]([C@@H](O)C1CC1)S(=O)(=O)CC. The van der Waals surface area contributed by atoms with E-state index in [9.17, 15) is 13.5 Å². The maximum Gasteiger partial charge on any atom is 0.155 e. The summed E-state index contributed by atoms with van der Waals surface area (Å²) in [6.45, 7) is 3.46. The predicted molar refractivity (Wildman–Crippen MR) is 52.3 cm³/mol. The van der Waals surface area contributed by atoms with Crippen molar-refractivity contribution in [1.29, 1.82) is 0 Å². The van der Waals surface area contributed by atoms with Gasteiger partial charge >= 0.3 is 0 Å². The number of aliphatic hydroxyl groups is 1. The molecule has 1 saturated carbocycles. The quantitative estimate of drug-likeness (QED) is 0.729. The molecule has 0 aromatic heterocycles. The summed E-state index contributed by atoms with van der Waals surface area (Å²) >= 11 is 0. The van der Waals surface area contributed by atoms with Crippen LogP contribution >= 0.6 is 0 Å². The van der Waals surface area contributed by atoms with E-state index in [1.54, 1.807) is 6.92 Å². The lowest BCUT2D eigenvalue weighted by atomic mass is 10.1. The van der Waals surface area contributed by atoms with Crippen LogP contribution in [0, 0.1) is 5.92 Å². The molecule has 4 heteroatoms. The van der Waals surface area contributed by atoms with Crippen molar-refractivity contribution in [3.8, 4) is 0 Å². The molecule has 13 heavy (non-hydrogen) atoms. The van der Waals surface area contributed by atoms with Gasteiger partial charge in [-0.05, 0) is 25.2 Å². The van der Waals surface area contributed by atoms with E-state index in [0.717, 1.165) is 12.8 Å². The van der Waals surface area contributed by atoms with Crippen LogP contribution in [-0.4, -0.2) is 30.6 Å². The lowest BCUT2D eigenvalue weighted by Gasteiger charge is -2.20. The first-order valence-electron chi connectivity index (χ1n) is 4.92. The molecule has 0 radical (unpaired) electrons. The van der Waals surface area contributed by atoms with Gasteiger partial charge in [-0.1, -0.05) is 13.8 Å². The summed E-state index contributed by atoms with van der Waals surface area (Å²) in [6, 6.07) is 0. The minimum Gasteiger partial charge on any atom is -0.391 e. The van der Waals surface area contributed by atoms with Gasteiger partial charge in [-0.2, -0.15) is 0 Å². The number of aliphatic hydroxyl groups excluding tert-OH is 1. The third kappa shape index (κ3) is 2.44. The van der Waals surface area contributed by atoms with Gasteiger partial charge < -0.3 is 5.11 Å². The van der Waals surface area contributed by atoms with E-state index >= 15 is 0 Å². The van der Waals surface area contributed by atoms with Crippen molar-refractivity contribution in [2.45, 2.75) is 44.5 Å². The van der Waals surface area contributed by atoms with Crippen molar-refractivity contribution in [3.05, 3.63) is 0 Å². The van der Waals surface area contributed by atoms with Crippen LogP contribution in [0.25, 0.3) is 0 Å². The van der Waals surface area contributed by atoms with Crippen LogP contribution in [0.5, 0.6) is 0 Å². The first kappa shape index (κ1) is 11.0. The molecule has 1 fully saturated rings. The van der Waals surface area contributed by atoms with Crippen LogP contribution in [0.1, 0.15) is 33.1 Å². The Labute approximate surface area is 80.1 Å². The maximum absolute atomic E-state index is 11.5. The summed E-state index contributed by atoms with van der Waals surface area (Å²) in [6.07, 6.45) is 1.86. The Morgan fingerprint density at radius 3 is 2.23 bits per heavy atom. The largest absolute Gasteiger partial charge is 0.391 e. The van der Waals surface area contributed by atoms with Crippen LogP contribution < -0.4 is 0 Å². The average molecular weight is 206 g/mol. The lowest BCUT2D eigenvalue weighted by Crippen LogP contribution is -2.36. The Morgan fingerprint density at radius 1 is 1.38 bits per heavy atom. The zero-order chi connectivity index (χ0) is 10.1. The third-order valence-corrected chi connectivity index (χ3v) is 5.09. The molecule has 0 amide bonds. The maximum atomic E-state index is 11.5. The summed E-state index contributed by atoms with van der Waals surface area (Å²) in [4.78, 5) is 0. The third-order valence-electron chi connectivity index (χ3n) is 2.75. The molecule has 1 aliphatic carbocycles. The van der Waals surface area contributed by atoms with Crippen molar-refractivity contribution in [2.24, 2.45) is 5.92 Å². The molecule has 1 N–H and O–H groups in total. The van der Waals surface area contributed by atoms with Crippen LogP contribution in [-0.2, 0) is 9.84 Å². The van der Waals surface area contributed by atoms with Crippen LogP contribution in [0.3, 0.4) is 0 Å². The van der Waals surface area contributed by atoms with E-state index in [4.69, 9.17) is 0 Å². The predicted octanol–water partition coefficient (Wildman–Crippen LogP) is 0.971. The summed E-state index contributed by atoms with van der Waals surface area (Å²) in [5.41, 5.74) is 0. The van der Waals surface area contributed by atoms with Gasteiger partial charge in [0.2, 0.25) is 0 Å². The molecule has 2 atom stereocenters. The van der Waals surface area contributed by atoms with Gasteiger partial charge in [-0.3, -0.25) is 0 Å². The van der Waals surface area contributed by atoms with Gasteiger partial charge in [0, 0.05) is 5.75 Å². The van der Waals surface area contributed by atoms with Gasteiger partial charge in [0.25, 0.3) is 0 Å². The smallest absolute Gasteiger partial charge is 0.155 e. The molecular weight excluding hydrogens is 188 g/mol. The average Bonchev–Trinajstić information content (AvgIpc) is 2.87. The molecule has 0 heterocycles. The molecule has 0 saturated heterocycles. The molecule has 0 aromatic rings. The highest BCUT2D eigenvalue weighted by Crippen LogP contribution is 2.36. The second-order valence-corrected chi connectivity index (χ2v) is 6.23. The first-order chi connectivity index (χ1) is 6.03. The molecular formula is C9H18O3S. The highest BCUT2D eigenvalue weighted by Gasteiger charge is 2.39. The zero-order valence-corrected chi connectivity index (χ0v) is 9.05. The second-order valence-electron chi connectivity index (χ2n) is 3.73. The molecule has 1 rings (SSSR count). The summed E-state index contributed by atoms with van der Waals surface area (Å²) in [5, 5.41) is 9.20. The van der Waals surface area contributed by atoms with E-state index in [2.05, 4.69) is 0 Å². The molecule has 0 aromatic carbocycles. The molecule has 3 nitrogen and oxygen atoms in total. The van der Waals surface area contributed by atoms with Crippen molar-refractivity contribution >= 4 is 9.84 Å². The molecule has 0 unspecified atom stereocenters. The number of hydrogen-bond acceptors (Lipinski definition) is 3. The molecule has 1 aliphatic rings. The Kier molecular flexibility index (Phi) is 3.35. The Hall–Kier alpha value is -0.0900. The van der Waals surface area contributed by atoms with Gasteiger partial charge in [0.15, 0.2) is 9.84 Å². The summed E-state index contributed by atoms with van der Waals surface area (Å²) in [7, 11) is -3.06. The van der Waals surface area contributed by atoms with E-state index in [0.29, 0.717) is 6.42 Å². The second kappa shape index (κ2) is 3.96. The summed E-state index contributed by atoms with van der Waals surface area (Å²) < 4.78 is 23.1. The van der Waals surface area contributed by atoms with Gasteiger partial charge in [-0.15, -0.1) is 0 Å². The van der Waals surface area contributed by atoms with Crippen molar-refractivity contribution in [1.82, 2.24) is 0 Å². The van der Waals surface area contributed by atoms with E-state index in [1.807, 2.05) is 6.92 Å². The summed E-state index contributed by atoms with van der Waals surface area (Å²) in [5.74, 6) is 0.376. The molecule has 0 bridgehead atoms. The van der Waals surface area contributed by atoms with Crippen molar-refractivity contribution in [3.63, 3.8) is 0 Å². The standard InChI is InChI=1S/C9H18O3S/c1-3-8(13(11,12)4-2)9(10)7-5-6-7/h7-10H,3-6H2,1-2H3/t8-,9+/m1/s1. The van der Waals surface area contributed by atoms with Gasteiger partial charge in [-0.25, -0.2) is 8.42 Å². The number of sulfone groups is 1. The van der Waals surface area contributed by atoms with Crippen molar-refractivity contribution < 1.29 is 13.5 Å². The fourth-order valence-corrected chi connectivity index (χ4v) is 3.25. The van der Waals surface area contributed by atoms with E-state index in [1.165, 1.54) is 0 Å². The molecule has 0 spiro atoms. The van der Waals surface area contributed by atoms with E-state index in [-0.39, 0.29) is 11.7 Å². The zero-order valence-electron chi connectivity index (χ0n) is 8.23. The fraction of sp³-hybridized carbons (Fsp3) is 1.00. The Morgan fingerprint density at radius 2 is 1.92 bits per heavy atom. The topological polar surface area (TPSA) is 54.4 Å². The van der Waals surface area contributed by atoms with E-state index < -0.39 is 21.2 Å². The number of rotatable bonds is 5. The highest BCUT2D eigenvalue weighted by molar-refractivity contribution is 7.92. The first-order valence-corrected chi connectivity index (χ1v) is 6.64. The van der Waals surface area contributed by atoms with Crippen LogP contribution in [0.4, 0.5) is 0 Å². The van der Waals surface area contributed by atoms with Crippen LogP contribution in [0.2, 0.25) is 0 Å². The fourth-order valence-electron chi connectivity index (χ4n) is 1.66. The highest BCUT2D eigenvalue weighted by atomic mass is 32.2. The normalized spacial score (nSPS) is 22.7. The monoisotopic (exact) mass is 206 g/mol. The van der Waals surface area contributed by atoms with Gasteiger partial charge in [0.1, 0.15) is 0 Å². The molecule has 78 valence electrons. The molecule has 0 aliphatic heterocycles. The Bertz CT molecular complexity index is 254. The minimum atomic E-state index is -3.06. The Balaban J connectivity index is 2.71. The van der Waals surface area contributed by atoms with Gasteiger partial charge in [0.05, 0.1) is 11.4 Å². The number of hydrogen-bond donors (Lipinski definition) is 1. The van der Waals surface area contributed by atoms with Crippen molar-refractivity contribution in [2.75, 3.05) is 5.75 Å².